The molecule has 3 atom stereocenters. The molecule has 0 spiro atoms. The highest BCUT2D eigenvalue weighted by Gasteiger charge is 2.36. The van der Waals surface area contributed by atoms with Gasteiger partial charge < -0.3 is 9.84 Å². The highest BCUT2D eigenvalue weighted by molar-refractivity contribution is 6.01. The molecule has 0 aliphatic heterocycles. The normalized spacial score (nSPS) is 25.9. The fourth-order valence-corrected chi connectivity index (χ4v) is 3.59. The van der Waals surface area contributed by atoms with Crippen LogP contribution in [0, 0.1) is 23.7 Å². The Hall–Kier alpha value is -1.51. The largest absolute Gasteiger partial charge is 0.504 e. The summed E-state index contributed by atoms with van der Waals surface area (Å²) in [6.07, 6.45) is 3.20. The third-order valence-electron chi connectivity index (χ3n) is 4.84. The Balaban J connectivity index is 2.32. The molecule has 1 saturated carbocycles. The first-order chi connectivity index (χ1) is 9.95. The number of phenolic OH excluding ortho intramolecular Hbond substituents is 1. The summed E-state index contributed by atoms with van der Waals surface area (Å²) in [5.41, 5.74) is 0.402. The van der Waals surface area contributed by atoms with Crippen LogP contribution in [-0.4, -0.2) is 18.0 Å². The molecule has 3 heteroatoms. The van der Waals surface area contributed by atoms with E-state index in [4.69, 9.17) is 4.74 Å². The molecule has 0 amide bonds. The number of Topliss-reactive ketones (excluding diaryl/α,β-unsaturated/α-hetero) is 1. The number of hydrogen-bond acceptors (Lipinski definition) is 3. The van der Waals surface area contributed by atoms with Gasteiger partial charge in [0.05, 0.1) is 12.7 Å². The SMILES string of the molecule is COc1cccc(C(=O)C2CC(C)CCC2C(C)C)c1O. The summed E-state index contributed by atoms with van der Waals surface area (Å²) in [6, 6.07) is 5.15. The minimum absolute atomic E-state index is 0.00626. The van der Waals surface area contributed by atoms with Crippen LogP contribution >= 0.6 is 0 Å². The van der Waals surface area contributed by atoms with Gasteiger partial charge in [-0.05, 0) is 42.7 Å². The van der Waals surface area contributed by atoms with Gasteiger partial charge in [-0.1, -0.05) is 33.3 Å². The zero-order chi connectivity index (χ0) is 15.6. The molecule has 21 heavy (non-hydrogen) atoms. The molecule has 1 aromatic carbocycles. The molecular weight excluding hydrogens is 264 g/mol. The number of methoxy groups -OCH3 is 1. The van der Waals surface area contributed by atoms with Gasteiger partial charge in [0, 0.05) is 5.92 Å². The maximum absolute atomic E-state index is 12.9. The molecule has 0 bridgehead atoms. The van der Waals surface area contributed by atoms with Crippen LogP contribution in [0.4, 0.5) is 0 Å². The van der Waals surface area contributed by atoms with E-state index in [0.29, 0.717) is 29.1 Å². The molecule has 1 fully saturated rings. The minimum atomic E-state index is -0.0225. The van der Waals surface area contributed by atoms with E-state index >= 15 is 0 Å². The summed E-state index contributed by atoms with van der Waals surface area (Å²) >= 11 is 0. The molecule has 0 aromatic heterocycles. The number of rotatable bonds is 4. The van der Waals surface area contributed by atoms with Crippen LogP contribution in [0.25, 0.3) is 0 Å². The highest BCUT2D eigenvalue weighted by atomic mass is 16.5. The molecule has 3 nitrogen and oxygen atoms in total. The molecule has 3 unspecified atom stereocenters. The van der Waals surface area contributed by atoms with Gasteiger partial charge in [-0.3, -0.25) is 4.79 Å². The van der Waals surface area contributed by atoms with Crippen LogP contribution < -0.4 is 4.74 Å². The number of aromatic hydroxyl groups is 1. The van der Waals surface area contributed by atoms with Crippen LogP contribution in [0.5, 0.6) is 11.5 Å². The maximum atomic E-state index is 12.9. The molecule has 0 radical (unpaired) electrons. The van der Waals surface area contributed by atoms with Crippen molar-refractivity contribution >= 4 is 5.78 Å². The van der Waals surface area contributed by atoms with Gasteiger partial charge in [0.1, 0.15) is 0 Å². The van der Waals surface area contributed by atoms with E-state index in [-0.39, 0.29) is 17.5 Å². The van der Waals surface area contributed by atoms with Gasteiger partial charge in [0.15, 0.2) is 17.3 Å². The van der Waals surface area contributed by atoms with Crippen molar-refractivity contribution in [3.63, 3.8) is 0 Å². The second-order valence-corrected chi connectivity index (χ2v) is 6.65. The van der Waals surface area contributed by atoms with E-state index in [1.165, 1.54) is 13.5 Å². The second-order valence-electron chi connectivity index (χ2n) is 6.65. The van der Waals surface area contributed by atoms with Crippen molar-refractivity contribution in [2.75, 3.05) is 7.11 Å². The highest BCUT2D eigenvalue weighted by Crippen LogP contribution is 2.41. The van der Waals surface area contributed by atoms with Crippen LogP contribution in [0.3, 0.4) is 0 Å². The average molecular weight is 290 g/mol. The third kappa shape index (κ3) is 3.22. The summed E-state index contributed by atoms with van der Waals surface area (Å²) < 4.78 is 5.12. The van der Waals surface area contributed by atoms with Crippen molar-refractivity contribution in [2.24, 2.45) is 23.7 Å². The number of benzene rings is 1. The first-order valence-corrected chi connectivity index (χ1v) is 7.85. The maximum Gasteiger partial charge on any atom is 0.170 e. The molecule has 1 aromatic rings. The first-order valence-electron chi connectivity index (χ1n) is 7.85. The van der Waals surface area contributed by atoms with Crippen molar-refractivity contribution in [1.82, 2.24) is 0 Å². The summed E-state index contributed by atoms with van der Waals surface area (Å²) in [7, 11) is 1.50. The van der Waals surface area contributed by atoms with Crippen molar-refractivity contribution in [3.05, 3.63) is 23.8 Å². The van der Waals surface area contributed by atoms with Crippen molar-refractivity contribution in [2.45, 2.75) is 40.0 Å². The predicted molar refractivity (Wildman–Crippen MR) is 83.8 cm³/mol. The summed E-state index contributed by atoms with van der Waals surface area (Å²) in [5, 5.41) is 10.2. The van der Waals surface area contributed by atoms with E-state index in [1.807, 2.05) is 0 Å². The second kappa shape index (κ2) is 6.50. The lowest BCUT2D eigenvalue weighted by atomic mass is 9.67. The number of carbonyl (C=O) groups is 1. The zero-order valence-corrected chi connectivity index (χ0v) is 13.4. The van der Waals surface area contributed by atoms with E-state index < -0.39 is 0 Å². The number of carbonyl (C=O) groups excluding carboxylic acids is 1. The summed E-state index contributed by atoms with van der Waals surface area (Å²) in [6.45, 7) is 6.58. The third-order valence-corrected chi connectivity index (χ3v) is 4.84. The van der Waals surface area contributed by atoms with Gasteiger partial charge >= 0.3 is 0 Å². The topological polar surface area (TPSA) is 46.5 Å². The van der Waals surface area contributed by atoms with Crippen molar-refractivity contribution < 1.29 is 14.6 Å². The van der Waals surface area contributed by atoms with E-state index in [9.17, 15) is 9.90 Å². The average Bonchev–Trinajstić information content (AvgIpc) is 2.46. The van der Waals surface area contributed by atoms with E-state index in [0.717, 1.165) is 12.8 Å². The fraction of sp³-hybridized carbons (Fsp3) is 0.611. The number of ketones is 1. The summed E-state index contributed by atoms with van der Waals surface area (Å²) in [4.78, 5) is 12.9. The van der Waals surface area contributed by atoms with E-state index in [1.54, 1.807) is 18.2 Å². The number of hydrogen-bond donors (Lipinski definition) is 1. The Morgan fingerprint density at radius 3 is 2.67 bits per heavy atom. The Kier molecular flexibility index (Phi) is 4.92. The van der Waals surface area contributed by atoms with Gasteiger partial charge in [-0.25, -0.2) is 0 Å². The molecule has 1 aliphatic carbocycles. The molecule has 1 aliphatic rings. The van der Waals surface area contributed by atoms with Crippen molar-refractivity contribution in [1.29, 1.82) is 0 Å². The molecule has 0 heterocycles. The quantitative estimate of drug-likeness (QED) is 0.841. The van der Waals surface area contributed by atoms with Gasteiger partial charge in [-0.15, -0.1) is 0 Å². The van der Waals surface area contributed by atoms with Crippen LogP contribution in [0.2, 0.25) is 0 Å². The van der Waals surface area contributed by atoms with Crippen LogP contribution in [0.15, 0.2) is 18.2 Å². The predicted octanol–water partition coefficient (Wildman–Crippen LogP) is 4.29. The monoisotopic (exact) mass is 290 g/mol. The van der Waals surface area contributed by atoms with Gasteiger partial charge in [0.25, 0.3) is 0 Å². The Labute approximate surface area is 127 Å². The standard InChI is InChI=1S/C18H26O3/c1-11(2)13-9-8-12(3)10-15(13)17(19)14-6-5-7-16(21-4)18(14)20/h5-7,11-13,15,20H,8-10H2,1-4H3. The lowest BCUT2D eigenvalue weighted by molar-refractivity contribution is 0.0720. The minimum Gasteiger partial charge on any atom is -0.504 e. The smallest absolute Gasteiger partial charge is 0.170 e. The zero-order valence-electron chi connectivity index (χ0n) is 13.4. The Morgan fingerprint density at radius 2 is 2.05 bits per heavy atom. The molecule has 2 rings (SSSR count). The Bertz CT molecular complexity index is 507. The molecule has 1 N–H and O–H groups in total. The molecular formula is C18H26O3. The van der Waals surface area contributed by atoms with Crippen LogP contribution in [0.1, 0.15) is 50.4 Å². The van der Waals surface area contributed by atoms with Gasteiger partial charge in [-0.2, -0.15) is 0 Å². The van der Waals surface area contributed by atoms with Gasteiger partial charge in [0.2, 0.25) is 0 Å². The van der Waals surface area contributed by atoms with Crippen LogP contribution in [-0.2, 0) is 0 Å². The number of ether oxygens (including phenoxy) is 1. The Morgan fingerprint density at radius 1 is 1.33 bits per heavy atom. The number of phenols is 1. The lowest BCUT2D eigenvalue weighted by Gasteiger charge is -2.36. The lowest BCUT2D eigenvalue weighted by Crippen LogP contribution is -2.33. The first kappa shape index (κ1) is 15.9. The van der Waals surface area contributed by atoms with Crippen molar-refractivity contribution in [3.8, 4) is 11.5 Å². The molecule has 116 valence electrons. The summed E-state index contributed by atoms with van der Waals surface area (Å²) in [5.74, 6) is 1.88. The van der Waals surface area contributed by atoms with E-state index in [2.05, 4.69) is 20.8 Å². The fourth-order valence-electron chi connectivity index (χ4n) is 3.59. The molecule has 0 saturated heterocycles. The number of para-hydroxylation sites is 1.